The van der Waals surface area contributed by atoms with E-state index in [2.05, 4.69) is 28.9 Å². The molecule has 0 radical (unpaired) electrons. The first-order valence-corrected chi connectivity index (χ1v) is 8.48. The quantitative estimate of drug-likeness (QED) is 0.770. The molecule has 6 heteroatoms. The van der Waals surface area contributed by atoms with Gasteiger partial charge in [0.25, 0.3) is 0 Å². The molecule has 2 atom stereocenters. The van der Waals surface area contributed by atoms with Gasteiger partial charge in [-0.25, -0.2) is 0 Å². The average molecular weight is 309 g/mol. The van der Waals surface area contributed by atoms with Gasteiger partial charge in [0.05, 0.1) is 18.8 Å². The Labute approximate surface area is 132 Å². The van der Waals surface area contributed by atoms with Crippen LogP contribution in [0.25, 0.3) is 0 Å². The SMILES string of the molecule is CC(C)c1noc(CN(CC2CCCO2)CC2CCCO2)n1. The zero-order chi connectivity index (χ0) is 15.4. The highest BCUT2D eigenvalue weighted by atomic mass is 16.5. The second kappa shape index (κ2) is 7.53. The molecule has 0 aromatic carbocycles. The summed E-state index contributed by atoms with van der Waals surface area (Å²) in [5.74, 6) is 1.77. The zero-order valence-electron chi connectivity index (χ0n) is 13.7. The Morgan fingerprint density at radius 3 is 2.18 bits per heavy atom. The Bertz CT molecular complexity index is 433. The number of hydrogen-bond donors (Lipinski definition) is 0. The summed E-state index contributed by atoms with van der Waals surface area (Å²) in [7, 11) is 0. The van der Waals surface area contributed by atoms with Gasteiger partial charge in [-0.3, -0.25) is 4.90 Å². The first kappa shape index (κ1) is 15.9. The van der Waals surface area contributed by atoms with E-state index in [0.29, 0.717) is 30.6 Å². The third-order valence-electron chi connectivity index (χ3n) is 4.33. The number of rotatable bonds is 7. The van der Waals surface area contributed by atoms with Gasteiger partial charge in [-0.1, -0.05) is 19.0 Å². The van der Waals surface area contributed by atoms with E-state index in [0.717, 1.165) is 57.8 Å². The zero-order valence-corrected chi connectivity index (χ0v) is 13.7. The second-order valence-corrected chi connectivity index (χ2v) is 6.67. The molecule has 0 N–H and O–H groups in total. The second-order valence-electron chi connectivity index (χ2n) is 6.67. The minimum absolute atomic E-state index is 0.294. The lowest BCUT2D eigenvalue weighted by Gasteiger charge is -2.26. The standard InChI is InChI=1S/C16H27N3O3/c1-12(2)16-17-15(22-18-16)11-19(9-13-5-3-7-20-13)10-14-6-4-8-21-14/h12-14H,3-11H2,1-2H3. The summed E-state index contributed by atoms with van der Waals surface area (Å²) in [5.41, 5.74) is 0. The van der Waals surface area contributed by atoms with Gasteiger partial charge in [0, 0.05) is 32.2 Å². The fourth-order valence-corrected chi connectivity index (χ4v) is 3.11. The van der Waals surface area contributed by atoms with E-state index in [-0.39, 0.29) is 0 Å². The topological polar surface area (TPSA) is 60.6 Å². The van der Waals surface area contributed by atoms with Gasteiger partial charge in [-0.2, -0.15) is 4.98 Å². The van der Waals surface area contributed by atoms with Crippen molar-refractivity contribution in [3.8, 4) is 0 Å². The van der Waals surface area contributed by atoms with E-state index in [1.807, 2.05) is 0 Å². The molecule has 0 amide bonds. The van der Waals surface area contributed by atoms with Crippen molar-refractivity contribution in [3.63, 3.8) is 0 Å². The third-order valence-corrected chi connectivity index (χ3v) is 4.33. The van der Waals surface area contributed by atoms with Gasteiger partial charge in [-0.15, -0.1) is 0 Å². The van der Waals surface area contributed by atoms with Crippen molar-refractivity contribution in [1.82, 2.24) is 15.0 Å². The molecule has 2 aliphatic heterocycles. The lowest BCUT2D eigenvalue weighted by Crippen LogP contribution is -2.37. The highest BCUT2D eigenvalue weighted by molar-refractivity contribution is 4.92. The number of nitrogens with zero attached hydrogens (tertiary/aromatic N) is 3. The fourth-order valence-electron chi connectivity index (χ4n) is 3.11. The molecular formula is C16H27N3O3. The normalized spacial score (nSPS) is 25.6. The predicted octanol–water partition coefficient (Wildman–Crippen LogP) is 2.35. The molecule has 2 aliphatic rings. The molecule has 0 spiro atoms. The van der Waals surface area contributed by atoms with Crippen molar-refractivity contribution in [3.05, 3.63) is 11.7 Å². The summed E-state index contributed by atoms with van der Waals surface area (Å²) in [5, 5.41) is 4.06. The molecule has 1 aromatic rings. The smallest absolute Gasteiger partial charge is 0.240 e. The van der Waals surface area contributed by atoms with Gasteiger partial charge < -0.3 is 14.0 Å². The van der Waals surface area contributed by atoms with Crippen LogP contribution in [0.15, 0.2) is 4.52 Å². The number of ether oxygens (including phenoxy) is 2. The van der Waals surface area contributed by atoms with Gasteiger partial charge in [-0.05, 0) is 25.7 Å². The van der Waals surface area contributed by atoms with Gasteiger partial charge in [0.15, 0.2) is 5.82 Å². The van der Waals surface area contributed by atoms with Crippen molar-refractivity contribution >= 4 is 0 Å². The lowest BCUT2D eigenvalue weighted by molar-refractivity contribution is 0.0309. The lowest BCUT2D eigenvalue weighted by atomic mass is 10.2. The average Bonchev–Trinajstić information content (AvgIpc) is 3.19. The van der Waals surface area contributed by atoms with E-state index in [1.165, 1.54) is 0 Å². The molecular weight excluding hydrogens is 282 g/mol. The monoisotopic (exact) mass is 309 g/mol. The van der Waals surface area contributed by atoms with E-state index in [1.54, 1.807) is 0 Å². The van der Waals surface area contributed by atoms with Gasteiger partial charge >= 0.3 is 0 Å². The Hall–Kier alpha value is -0.980. The van der Waals surface area contributed by atoms with Crippen LogP contribution in [0.2, 0.25) is 0 Å². The first-order valence-electron chi connectivity index (χ1n) is 8.48. The molecule has 0 saturated carbocycles. The first-order chi connectivity index (χ1) is 10.7. The molecule has 2 fully saturated rings. The molecule has 6 nitrogen and oxygen atoms in total. The Kier molecular flexibility index (Phi) is 5.44. The van der Waals surface area contributed by atoms with Gasteiger partial charge in [0.2, 0.25) is 5.89 Å². The highest BCUT2D eigenvalue weighted by Crippen LogP contribution is 2.19. The van der Waals surface area contributed by atoms with Crippen molar-refractivity contribution in [2.24, 2.45) is 0 Å². The van der Waals surface area contributed by atoms with Crippen LogP contribution in [-0.4, -0.2) is 53.6 Å². The van der Waals surface area contributed by atoms with Gasteiger partial charge in [0.1, 0.15) is 0 Å². The summed E-state index contributed by atoms with van der Waals surface area (Å²) >= 11 is 0. The van der Waals surface area contributed by atoms with E-state index >= 15 is 0 Å². The highest BCUT2D eigenvalue weighted by Gasteiger charge is 2.25. The minimum atomic E-state index is 0.294. The molecule has 2 saturated heterocycles. The molecule has 124 valence electrons. The summed E-state index contributed by atoms with van der Waals surface area (Å²) < 4.78 is 17.0. The largest absolute Gasteiger partial charge is 0.377 e. The van der Waals surface area contributed by atoms with Crippen molar-refractivity contribution in [1.29, 1.82) is 0 Å². The Morgan fingerprint density at radius 2 is 1.73 bits per heavy atom. The maximum absolute atomic E-state index is 5.78. The van der Waals surface area contributed by atoms with Crippen LogP contribution in [0.1, 0.15) is 57.2 Å². The number of hydrogen-bond acceptors (Lipinski definition) is 6. The maximum atomic E-state index is 5.78. The molecule has 0 bridgehead atoms. The minimum Gasteiger partial charge on any atom is -0.377 e. The fraction of sp³-hybridized carbons (Fsp3) is 0.875. The van der Waals surface area contributed by atoms with Crippen molar-refractivity contribution in [2.75, 3.05) is 26.3 Å². The Morgan fingerprint density at radius 1 is 1.09 bits per heavy atom. The molecule has 1 aromatic heterocycles. The van der Waals surface area contributed by atoms with Crippen molar-refractivity contribution < 1.29 is 14.0 Å². The molecule has 3 heterocycles. The summed E-state index contributed by atoms with van der Waals surface area (Å²) in [6.07, 6.45) is 5.27. The molecule has 2 unspecified atom stereocenters. The van der Waals surface area contributed by atoms with Crippen molar-refractivity contribution in [2.45, 2.75) is 64.2 Å². The predicted molar refractivity (Wildman–Crippen MR) is 81.6 cm³/mol. The third kappa shape index (κ3) is 4.27. The van der Waals surface area contributed by atoms with Crippen LogP contribution in [-0.2, 0) is 16.0 Å². The van der Waals surface area contributed by atoms with Crippen LogP contribution in [0.4, 0.5) is 0 Å². The van der Waals surface area contributed by atoms with Crippen LogP contribution >= 0.6 is 0 Å². The van der Waals surface area contributed by atoms with Crippen LogP contribution in [0, 0.1) is 0 Å². The van der Waals surface area contributed by atoms with E-state index in [4.69, 9.17) is 14.0 Å². The molecule has 3 rings (SSSR count). The summed E-state index contributed by atoms with van der Waals surface area (Å²) in [6.45, 7) is 8.43. The number of aromatic nitrogens is 2. The molecule has 22 heavy (non-hydrogen) atoms. The van der Waals surface area contributed by atoms with Crippen LogP contribution in [0.3, 0.4) is 0 Å². The summed E-state index contributed by atoms with van der Waals surface area (Å²) in [4.78, 5) is 6.85. The Balaban J connectivity index is 1.60. The van der Waals surface area contributed by atoms with E-state index < -0.39 is 0 Å². The molecule has 0 aliphatic carbocycles. The summed E-state index contributed by atoms with van der Waals surface area (Å²) in [6, 6.07) is 0. The van der Waals surface area contributed by atoms with Crippen LogP contribution in [0.5, 0.6) is 0 Å². The van der Waals surface area contributed by atoms with Crippen LogP contribution < -0.4 is 0 Å². The maximum Gasteiger partial charge on any atom is 0.240 e. The van der Waals surface area contributed by atoms with E-state index in [9.17, 15) is 0 Å².